The van der Waals surface area contributed by atoms with Gasteiger partial charge in [-0.1, -0.05) is 6.07 Å². The first-order chi connectivity index (χ1) is 9.08. The molecule has 0 unspecified atom stereocenters. The number of nitrogens with zero attached hydrogens (tertiary/aromatic N) is 2. The molecule has 0 saturated carbocycles. The van der Waals surface area contributed by atoms with Gasteiger partial charge in [0.05, 0.1) is 0 Å². The van der Waals surface area contributed by atoms with E-state index in [9.17, 15) is 4.79 Å². The van der Waals surface area contributed by atoms with E-state index in [1.807, 2.05) is 18.2 Å². The van der Waals surface area contributed by atoms with Crippen molar-refractivity contribution >= 4 is 29.3 Å². The fourth-order valence-corrected chi connectivity index (χ4v) is 2.23. The van der Waals surface area contributed by atoms with Crippen molar-refractivity contribution in [2.75, 3.05) is 20.9 Å². The number of hydrogen-bond acceptors (Lipinski definition) is 4. The summed E-state index contributed by atoms with van der Waals surface area (Å²) < 4.78 is 10.6. The van der Waals surface area contributed by atoms with Crippen LogP contribution >= 0.6 is 12.2 Å². The molecule has 0 radical (unpaired) electrons. The zero-order valence-electron chi connectivity index (χ0n) is 10.5. The van der Waals surface area contributed by atoms with Crippen LogP contribution in [0.5, 0.6) is 11.5 Å². The summed E-state index contributed by atoms with van der Waals surface area (Å²) in [5, 5.41) is 0.497. The van der Waals surface area contributed by atoms with Gasteiger partial charge in [0.1, 0.15) is 5.70 Å². The lowest BCUT2D eigenvalue weighted by atomic mass is 10.1. The zero-order chi connectivity index (χ0) is 13.6. The SMILES string of the molecule is CN1C(=O)/C(=C/c2ccc3c(c2)OCO3)N(C)C1=S. The van der Waals surface area contributed by atoms with Crippen molar-refractivity contribution in [2.45, 2.75) is 0 Å². The number of likely N-dealkylation sites (N-methyl/N-ethyl adjacent to an activating group) is 2. The first kappa shape index (κ1) is 12.0. The molecule has 0 aliphatic carbocycles. The first-order valence-corrected chi connectivity index (χ1v) is 6.16. The molecule has 0 N–H and O–H groups in total. The molecule has 2 aliphatic rings. The summed E-state index contributed by atoms with van der Waals surface area (Å²) in [5.41, 5.74) is 1.42. The van der Waals surface area contributed by atoms with Gasteiger partial charge in [0.15, 0.2) is 16.6 Å². The summed E-state index contributed by atoms with van der Waals surface area (Å²) in [6.07, 6.45) is 1.79. The van der Waals surface area contributed by atoms with E-state index in [1.165, 1.54) is 4.90 Å². The molecular weight excluding hydrogens is 264 g/mol. The van der Waals surface area contributed by atoms with Gasteiger partial charge in [-0.25, -0.2) is 0 Å². The van der Waals surface area contributed by atoms with E-state index in [4.69, 9.17) is 21.7 Å². The number of hydrogen-bond donors (Lipinski definition) is 0. The number of carbonyl (C=O) groups is 1. The molecule has 1 amide bonds. The van der Waals surface area contributed by atoms with Gasteiger partial charge in [0.25, 0.3) is 5.91 Å². The Hall–Kier alpha value is -2.08. The van der Waals surface area contributed by atoms with E-state index >= 15 is 0 Å². The van der Waals surface area contributed by atoms with Crippen molar-refractivity contribution in [3.63, 3.8) is 0 Å². The third-order valence-electron chi connectivity index (χ3n) is 3.16. The summed E-state index contributed by atoms with van der Waals surface area (Å²) in [4.78, 5) is 15.2. The van der Waals surface area contributed by atoms with Crippen molar-refractivity contribution in [1.29, 1.82) is 0 Å². The molecule has 0 aromatic heterocycles. The highest BCUT2D eigenvalue weighted by Crippen LogP contribution is 2.33. The highest BCUT2D eigenvalue weighted by molar-refractivity contribution is 7.80. The van der Waals surface area contributed by atoms with Crippen molar-refractivity contribution in [3.8, 4) is 11.5 Å². The Labute approximate surface area is 116 Å². The van der Waals surface area contributed by atoms with Crippen LogP contribution in [-0.2, 0) is 4.79 Å². The highest BCUT2D eigenvalue weighted by atomic mass is 32.1. The van der Waals surface area contributed by atoms with Crippen LogP contribution < -0.4 is 9.47 Å². The van der Waals surface area contributed by atoms with Crippen LogP contribution in [0.4, 0.5) is 0 Å². The molecule has 1 aromatic rings. The molecule has 2 aliphatic heterocycles. The predicted octanol–water partition coefficient (Wildman–Crippen LogP) is 1.44. The van der Waals surface area contributed by atoms with Crippen LogP contribution in [0.15, 0.2) is 23.9 Å². The van der Waals surface area contributed by atoms with Gasteiger partial charge in [0.2, 0.25) is 6.79 Å². The fraction of sp³-hybridized carbons (Fsp3) is 0.231. The van der Waals surface area contributed by atoms with Gasteiger partial charge in [-0.2, -0.15) is 0 Å². The van der Waals surface area contributed by atoms with Crippen molar-refractivity contribution in [3.05, 3.63) is 29.5 Å². The average molecular weight is 276 g/mol. The van der Waals surface area contributed by atoms with Crippen LogP contribution in [0, 0.1) is 0 Å². The lowest BCUT2D eigenvalue weighted by Gasteiger charge is -2.11. The van der Waals surface area contributed by atoms with Crippen molar-refractivity contribution in [1.82, 2.24) is 9.80 Å². The maximum atomic E-state index is 12.0. The lowest BCUT2D eigenvalue weighted by molar-refractivity contribution is -0.121. The van der Waals surface area contributed by atoms with E-state index < -0.39 is 0 Å². The fourth-order valence-electron chi connectivity index (χ4n) is 2.05. The Morgan fingerprint density at radius 2 is 1.95 bits per heavy atom. The Balaban J connectivity index is 1.98. The Kier molecular flexibility index (Phi) is 2.67. The predicted molar refractivity (Wildman–Crippen MR) is 73.7 cm³/mol. The Morgan fingerprint density at radius 1 is 1.21 bits per heavy atom. The molecule has 19 heavy (non-hydrogen) atoms. The number of fused-ring (bicyclic) bond motifs is 1. The second-order valence-corrected chi connectivity index (χ2v) is 4.71. The van der Waals surface area contributed by atoms with Gasteiger partial charge < -0.3 is 14.4 Å². The summed E-state index contributed by atoms with van der Waals surface area (Å²) in [6.45, 7) is 0.237. The molecule has 1 aromatic carbocycles. The minimum Gasteiger partial charge on any atom is -0.454 e. The third kappa shape index (κ3) is 1.84. The third-order valence-corrected chi connectivity index (χ3v) is 3.71. The molecule has 0 bridgehead atoms. The number of rotatable bonds is 1. The molecule has 1 saturated heterocycles. The molecule has 1 fully saturated rings. The van der Waals surface area contributed by atoms with Gasteiger partial charge in [-0.15, -0.1) is 0 Å². The number of thiocarbonyl (C=S) groups is 1. The highest BCUT2D eigenvalue weighted by Gasteiger charge is 2.32. The minimum absolute atomic E-state index is 0.106. The number of amides is 1. The largest absolute Gasteiger partial charge is 0.454 e. The molecule has 5 nitrogen and oxygen atoms in total. The number of ether oxygens (including phenoxy) is 2. The molecule has 2 heterocycles. The molecular formula is C13H12N2O3S. The second-order valence-electron chi connectivity index (χ2n) is 4.35. The van der Waals surface area contributed by atoms with E-state index in [2.05, 4.69) is 0 Å². The first-order valence-electron chi connectivity index (χ1n) is 5.75. The van der Waals surface area contributed by atoms with Crippen LogP contribution in [0.25, 0.3) is 6.08 Å². The molecule has 0 spiro atoms. The summed E-state index contributed by atoms with van der Waals surface area (Å²) in [7, 11) is 3.45. The topological polar surface area (TPSA) is 42.0 Å². The van der Waals surface area contributed by atoms with E-state index in [1.54, 1.807) is 25.1 Å². The van der Waals surface area contributed by atoms with Gasteiger partial charge in [-0.3, -0.25) is 9.69 Å². The quantitative estimate of drug-likeness (QED) is 0.573. The van der Waals surface area contributed by atoms with E-state index in [-0.39, 0.29) is 12.7 Å². The van der Waals surface area contributed by atoms with Gasteiger partial charge in [0, 0.05) is 14.1 Å². The van der Waals surface area contributed by atoms with E-state index in [0.717, 1.165) is 11.3 Å². The molecule has 3 rings (SSSR count). The van der Waals surface area contributed by atoms with Crippen LogP contribution in [0.1, 0.15) is 5.56 Å². The standard InChI is InChI=1S/C13H12N2O3S/c1-14-9(12(16)15(2)13(14)19)5-8-3-4-10-11(6-8)18-7-17-10/h3-6H,7H2,1-2H3/b9-5-. The number of benzene rings is 1. The Bertz CT molecular complexity index is 612. The number of carbonyl (C=O) groups excluding carboxylic acids is 1. The summed E-state index contributed by atoms with van der Waals surface area (Å²) in [5.74, 6) is 1.31. The molecule has 98 valence electrons. The zero-order valence-corrected chi connectivity index (χ0v) is 11.4. The second kappa shape index (κ2) is 4.24. The van der Waals surface area contributed by atoms with Crippen molar-refractivity contribution < 1.29 is 14.3 Å². The lowest BCUT2D eigenvalue weighted by Crippen LogP contribution is -2.26. The smallest absolute Gasteiger partial charge is 0.276 e. The normalized spacial score (nSPS) is 19.8. The van der Waals surface area contributed by atoms with Gasteiger partial charge in [-0.05, 0) is 36.0 Å². The monoisotopic (exact) mass is 276 g/mol. The van der Waals surface area contributed by atoms with Crippen LogP contribution in [0.3, 0.4) is 0 Å². The molecule has 0 atom stereocenters. The molecule has 6 heteroatoms. The average Bonchev–Trinajstić information content (AvgIpc) is 2.94. The van der Waals surface area contributed by atoms with Crippen molar-refractivity contribution in [2.24, 2.45) is 0 Å². The summed E-state index contributed by atoms with van der Waals surface area (Å²) in [6, 6.07) is 5.55. The maximum absolute atomic E-state index is 12.0. The maximum Gasteiger partial charge on any atom is 0.276 e. The van der Waals surface area contributed by atoms with Crippen LogP contribution in [0.2, 0.25) is 0 Å². The van der Waals surface area contributed by atoms with Gasteiger partial charge >= 0.3 is 0 Å². The van der Waals surface area contributed by atoms with Crippen LogP contribution in [-0.4, -0.2) is 41.7 Å². The minimum atomic E-state index is -0.106. The van der Waals surface area contributed by atoms with E-state index in [0.29, 0.717) is 16.6 Å². The summed E-state index contributed by atoms with van der Waals surface area (Å²) >= 11 is 5.16. The Morgan fingerprint density at radius 3 is 2.63 bits per heavy atom.